The Morgan fingerprint density at radius 1 is 1.22 bits per heavy atom. The standard InChI is InChI=1S/C14H10BrFN2/c1-9-2-3-10(8-17)14(6-9)18-11-4-5-13(16)12(15)7-11/h2-7,18H,1H3. The molecule has 0 amide bonds. The van der Waals surface area contributed by atoms with Gasteiger partial charge in [0.1, 0.15) is 11.9 Å². The quantitative estimate of drug-likeness (QED) is 0.886. The number of hydrogen-bond donors (Lipinski definition) is 1. The Balaban J connectivity index is 2.36. The topological polar surface area (TPSA) is 35.8 Å². The van der Waals surface area contributed by atoms with Gasteiger partial charge in [-0.15, -0.1) is 0 Å². The fourth-order valence-corrected chi connectivity index (χ4v) is 1.97. The van der Waals surface area contributed by atoms with E-state index in [2.05, 4.69) is 27.3 Å². The largest absolute Gasteiger partial charge is 0.354 e. The van der Waals surface area contributed by atoms with Crippen LogP contribution in [0.2, 0.25) is 0 Å². The van der Waals surface area contributed by atoms with Crippen molar-refractivity contribution in [2.45, 2.75) is 6.92 Å². The smallest absolute Gasteiger partial charge is 0.137 e. The molecule has 0 fully saturated rings. The maximum absolute atomic E-state index is 13.1. The predicted molar refractivity (Wildman–Crippen MR) is 73.3 cm³/mol. The highest BCUT2D eigenvalue weighted by molar-refractivity contribution is 9.10. The van der Waals surface area contributed by atoms with Gasteiger partial charge in [-0.1, -0.05) is 6.07 Å². The van der Waals surface area contributed by atoms with Gasteiger partial charge in [0.15, 0.2) is 0 Å². The lowest BCUT2D eigenvalue weighted by atomic mass is 10.1. The summed E-state index contributed by atoms with van der Waals surface area (Å²) in [5.41, 5.74) is 3.06. The van der Waals surface area contributed by atoms with E-state index < -0.39 is 0 Å². The molecule has 0 aliphatic heterocycles. The molecule has 1 N–H and O–H groups in total. The van der Waals surface area contributed by atoms with Crippen molar-refractivity contribution in [3.8, 4) is 6.07 Å². The average Bonchev–Trinajstić information content (AvgIpc) is 2.34. The molecular weight excluding hydrogens is 295 g/mol. The monoisotopic (exact) mass is 304 g/mol. The van der Waals surface area contributed by atoms with E-state index in [0.717, 1.165) is 16.9 Å². The number of halogens is 2. The van der Waals surface area contributed by atoms with Crippen molar-refractivity contribution < 1.29 is 4.39 Å². The molecule has 4 heteroatoms. The average molecular weight is 305 g/mol. The van der Waals surface area contributed by atoms with Gasteiger partial charge in [0.25, 0.3) is 0 Å². The second kappa shape index (κ2) is 5.19. The first-order valence-corrected chi connectivity index (χ1v) is 6.12. The van der Waals surface area contributed by atoms with E-state index in [1.807, 2.05) is 19.1 Å². The summed E-state index contributed by atoms with van der Waals surface area (Å²) in [5.74, 6) is -0.315. The molecule has 0 aromatic heterocycles. The van der Waals surface area contributed by atoms with Gasteiger partial charge in [-0.05, 0) is 58.7 Å². The lowest BCUT2D eigenvalue weighted by Gasteiger charge is -2.09. The molecule has 0 aliphatic carbocycles. The van der Waals surface area contributed by atoms with E-state index in [4.69, 9.17) is 5.26 Å². The minimum atomic E-state index is -0.315. The fraction of sp³-hybridized carbons (Fsp3) is 0.0714. The summed E-state index contributed by atoms with van der Waals surface area (Å²) >= 11 is 3.13. The Kier molecular flexibility index (Phi) is 3.63. The zero-order valence-corrected chi connectivity index (χ0v) is 11.3. The molecule has 0 saturated carbocycles. The van der Waals surface area contributed by atoms with Gasteiger partial charge in [-0.2, -0.15) is 5.26 Å². The summed E-state index contributed by atoms with van der Waals surface area (Å²) in [4.78, 5) is 0. The summed E-state index contributed by atoms with van der Waals surface area (Å²) in [6, 6.07) is 12.3. The van der Waals surface area contributed by atoms with Crippen LogP contribution in [0.5, 0.6) is 0 Å². The maximum atomic E-state index is 13.1. The van der Waals surface area contributed by atoms with Crippen LogP contribution in [0, 0.1) is 24.1 Å². The number of nitrogens with one attached hydrogen (secondary N) is 1. The zero-order chi connectivity index (χ0) is 13.1. The van der Waals surface area contributed by atoms with Gasteiger partial charge < -0.3 is 5.32 Å². The number of rotatable bonds is 2. The summed E-state index contributed by atoms with van der Waals surface area (Å²) in [5, 5.41) is 12.1. The first-order valence-electron chi connectivity index (χ1n) is 5.33. The van der Waals surface area contributed by atoms with E-state index in [0.29, 0.717) is 10.0 Å². The zero-order valence-electron chi connectivity index (χ0n) is 9.67. The van der Waals surface area contributed by atoms with Gasteiger partial charge in [-0.3, -0.25) is 0 Å². The van der Waals surface area contributed by atoms with Gasteiger partial charge in [0.2, 0.25) is 0 Å². The van der Waals surface area contributed by atoms with Crippen LogP contribution >= 0.6 is 15.9 Å². The van der Waals surface area contributed by atoms with Crippen LogP contribution in [-0.4, -0.2) is 0 Å². The van der Waals surface area contributed by atoms with Crippen molar-refractivity contribution in [2.24, 2.45) is 0 Å². The van der Waals surface area contributed by atoms with Crippen LogP contribution in [0.25, 0.3) is 0 Å². The molecule has 18 heavy (non-hydrogen) atoms. The molecular formula is C14H10BrFN2. The second-order valence-corrected chi connectivity index (χ2v) is 4.77. The van der Waals surface area contributed by atoms with Gasteiger partial charge in [-0.25, -0.2) is 4.39 Å². The highest BCUT2D eigenvalue weighted by Gasteiger charge is 2.05. The molecule has 0 unspecified atom stereocenters. The Hall–Kier alpha value is -1.86. The van der Waals surface area contributed by atoms with Crippen LogP contribution in [0.1, 0.15) is 11.1 Å². The minimum Gasteiger partial charge on any atom is -0.354 e. The van der Waals surface area contributed by atoms with E-state index in [9.17, 15) is 4.39 Å². The Labute approximate surface area is 113 Å². The number of nitrogens with zero attached hydrogens (tertiary/aromatic N) is 1. The first-order chi connectivity index (χ1) is 8.60. The lowest BCUT2D eigenvalue weighted by molar-refractivity contribution is 0.621. The Morgan fingerprint density at radius 3 is 2.67 bits per heavy atom. The van der Waals surface area contributed by atoms with Crippen molar-refractivity contribution >= 4 is 27.3 Å². The molecule has 0 spiro atoms. The highest BCUT2D eigenvalue weighted by Crippen LogP contribution is 2.25. The summed E-state index contributed by atoms with van der Waals surface area (Å²) in [6.45, 7) is 1.95. The molecule has 0 heterocycles. The molecule has 0 aliphatic rings. The van der Waals surface area contributed by atoms with E-state index >= 15 is 0 Å². The number of hydrogen-bond acceptors (Lipinski definition) is 2. The number of nitriles is 1. The molecule has 0 atom stereocenters. The second-order valence-electron chi connectivity index (χ2n) is 3.91. The van der Waals surface area contributed by atoms with Crippen molar-refractivity contribution in [3.05, 3.63) is 57.8 Å². The molecule has 0 saturated heterocycles. The Bertz CT molecular complexity index is 632. The van der Waals surface area contributed by atoms with Gasteiger partial charge >= 0.3 is 0 Å². The molecule has 2 rings (SSSR count). The fourth-order valence-electron chi connectivity index (χ4n) is 1.59. The molecule has 2 aromatic rings. The van der Waals surface area contributed by atoms with Crippen LogP contribution < -0.4 is 5.32 Å². The predicted octanol–water partition coefficient (Wildman–Crippen LogP) is 4.51. The molecule has 2 aromatic carbocycles. The van der Waals surface area contributed by atoms with Crippen LogP contribution in [0.4, 0.5) is 15.8 Å². The molecule has 2 nitrogen and oxygen atoms in total. The normalized spacial score (nSPS) is 9.89. The maximum Gasteiger partial charge on any atom is 0.137 e. The Morgan fingerprint density at radius 2 is 2.00 bits per heavy atom. The lowest BCUT2D eigenvalue weighted by Crippen LogP contribution is -1.95. The van der Waals surface area contributed by atoms with Crippen molar-refractivity contribution in [1.82, 2.24) is 0 Å². The van der Waals surface area contributed by atoms with E-state index in [1.165, 1.54) is 6.07 Å². The number of aryl methyl sites for hydroxylation is 1. The molecule has 90 valence electrons. The summed E-state index contributed by atoms with van der Waals surface area (Å²) in [7, 11) is 0. The third-order valence-electron chi connectivity index (χ3n) is 2.49. The van der Waals surface area contributed by atoms with Crippen LogP contribution in [0.15, 0.2) is 40.9 Å². The van der Waals surface area contributed by atoms with Crippen molar-refractivity contribution in [1.29, 1.82) is 5.26 Å². The number of benzene rings is 2. The first kappa shape index (κ1) is 12.6. The molecule has 0 bridgehead atoms. The van der Waals surface area contributed by atoms with E-state index in [-0.39, 0.29) is 5.82 Å². The van der Waals surface area contributed by atoms with Crippen LogP contribution in [-0.2, 0) is 0 Å². The SMILES string of the molecule is Cc1ccc(C#N)c(Nc2ccc(F)c(Br)c2)c1. The van der Waals surface area contributed by atoms with Gasteiger partial charge in [0.05, 0.1) is 15.7 Å². The third kappa shape index (κ3) is 2.69. The summed E-state index contributed by atoms with van der Waals surface area (Å²) in [6.07, 6.45) is 0. The summed E-state index contributed by atoms with van der Waals surface area (Å²) < 4.78 is 13.5. The van der Waals surface area contributed by atoms with E-state index in [1.54, 1.807) is 18.2 Å². The van der Waals surface area contributed by atoms with Crippen LogP contribution in [0.3, 0.4) is 0 Å². The van der Waals surface area contributed by atoms with Crippen molar-refractivity contribution in [2.75, 3.05) is 5.32 Å². The van der Waals surface area contributed by atoms with Crippen molar-refractivity contribution in [3.63, 3.8) is 0 Å². The number of anilines is 2. The highest BCUT2D eigenvalue weighted by atomic mass is 79.9. The van der Waals surface area contributed by atoms with Gasteiger partial charge in [0, 0.05) is 5.69 Å². The minimum absolute atomic E-state index is 0.315. The molecule has 0 radical (unpaired) electrons. The third-order valence-corrected chi connectivity index (χ3v) is 3.10.